The van der Waals surface area contributed by atoms with Gasteiger partial charge >= 0.3 is 0 Å². The van der Waals surface area contributed by atoms with Crippen molar-refractivity contribution in [2.45, 2.75) is 38.2 Å². The first kappa shape index (κ1) is 12.4. The fourth-order valence-corrected chi connectivity index (χ4v) is 2.53. The smallest absolute Gasteiger partial charge is 0.130 e. The van der Waals surface area contributed by atoms with Gasteiger partial charge in [-0.15, -0.1) is 0 Å². The third kappa shape index (κ3) is 2.97. The normalized spacial score (nSPS) is 24.6. The van der Waals surface area contributed by atoms with Crippen molar-refractivity contribution in [3.05, 3.63) is 29.6 Å². The molecule has 1 aromatic rings. The van der Waals surface area contributed by atoms with Gasteiger partial charge in [-0.05, 0) is 36.8 Å². The zero-order valence-electron chi connectivity index (χ0n) is 10.2. The van der Waals surface area contributed by atoms with E-state index in [4.69, 9.17) is 4.74 Å². The molecule has 1 N–H and O–H groups in total. The minimum atomic E-state index is -0.273. The topological polar surface area (TPSA) is 29.5 Å². The summed E-state index contributed by atoms with van der Waals surface area (Å²) >= 11 is 0. The van der Waals surface area contributed by atoms with Crippen molar-refractivity contribution < 1.29 is 14.2 Å². The molecule has 1 aliphatic carbocycles. The first-order valence-electron chi connectivity index (χ1n) is 6.21. The quantitative estimate of drug-likeness (QED) is 0.877. The van der Waals surface area contributed by atoms with E-state index in [1.54, 1.807) is 12.1 Å². The number of halogens is 1. The third-order valence-electron chi connectivity index (χ3n) is 3.61. The van der Waals surface area contributed by atoms with Crippen LogP contribution in [0, 0.1) is 11.7 Å². The lowest BCUT2D eigenvalue weighted by atomic mass is 9.82. The molecule has 1 aromatic carbocycles. The van der Waals surface area contributed by atoms with Gasteiger partial charge in [-0.3, -0.25) is 0 Å². The standard InChI is InChI=1S/C14H19FO2/c1-17-12-7-6-10(13(15)9-12)8-11-4-2-3-5-14(11)16/h6-7,9,11,14,16H,2-5,8H2,1H3. The molecule has 2 unspecified atom stereocenters. The molecule has 0 heterocycles. The molecule has 0 aromatic heterocycles. The van der Waals surface area contributed by atoms with E-state index in [-0.39, 0.29) is 17.8 Å². The van der Waals surface area contributed by atoms with Crippen LogP contribution >= 0.6 is 0 Å². The molecule has 17 heavy (non-hydrogen) atoms. The summed E-state index contributed by atoms with van der Waals surface area (Å²) < 4.78 is 18.7. The van der Waals surface area contributed by atoms with Crippen molar-refractivity contribution in [2.75, 3.05) is 7.11 Å². The second-order valence-corrected chi connectivity index (χ2v) is 4.77. The number of aliphatic hydroxyl groups is 1. The van der Waals surface area contributed by atoms with E-state index in [9.17, 15) is 9.50 Å². The third-order valence-corrected chi connectivity index (χ3v) is 3.61. The molecule has 3 heteroatoms. The molecule has 2 nitrogen and oxygen atoms in total. The average Bonchev–Trinajstić information content (AvgIpc) is 2.34. The van der Waals surface area contributed by atoms with Crippen LogP contribution < -0.4 is 4.74 Å². The Hall–Kier alpha value is -1.09. The lowest BCUT2D eigenvalue weighted by Gasteiger charge is -2.27. The molecule has 0 spiro atoms. The van der Waals surface area contributed by atoms with Crippen LogP contribution in [0.3, 0.4) is 0 Å². The van der Waals surface area contributed by atoms with Crippen molar-refractivity contribution in [1.29, 1.82) is 0 Å². The summed E-state index contributed by atoms with van der Waals surface area (Å²) in [6.07, 6.45) is 4.42. The molecule has 2 rings (SSSR count). The molecule has 1 aliphatic rings. The Morgan fingerprint density at radius 1 is 1.35 bits per heavy atom. The Morgan fingerprint density at radius 3 is 2.76 bits per heavy atom. The summed E-state index contributed by atoms with van der Waals surface area (Å²) in [7, 11) is 1.53. The van der Waals surface area contributed by atoms with Gasteiger partial charge in [0, 0.05) is 6.07 Å². The van der Waals surface area contributed by atoms with E-state index in [0.717, 1.165) is 25.7 Å². The summed E-state index contributed by atoms with van der Waals surface area (Å²) in [5.74, 6) is 0.504. The number of methoxy groups -OCH3 is 1. The SMILES string of the molecule is COc1ccc(CC2CCCCC2O)c(F)c1. The molecular weight excluding hydrogens is 219 g/mol. The number of hydrogen-bond donors (Lipinski definition) is 1. The summed E-state index contributed by atoms with van der Waals surface area (Å²) in [5.41, 5.74) is 0.678. The van der Waals surface area contributed by atoms with Crippen LogP contribution in [0.5, 0.6) is 5.75 Å². The van der Waals surface area contributed by atoms with Crippen LogP contribution in [-0.4, -0.2) is 18.3 Å². The monoisotopic (exact) mass is 238 g/mol. The minimum Gasteiger partial charge on any atom is -0.497 e. The van der Waals surface area contributed by atoms with Gasteiger partial charge in [0.2, 0.25) is 0 Å². The Bertz CT molecular complexity index is 378. The zero-order valence-corrected chi connectivity index (χ0v) is 10.2. The van der Waals surface area contributed by atoms with E-state index in [1.807, 2.05) is 0 Å². The van der Waals surface area contributed by atoms with E-state index >= 15 is 0 Å². The van der Waals surface area contributed by atoms with Crippen LogP contribution in [0.2, 0.25) is 0 Å². The van der Waals surface area contributed by atoms with E-state index < -0.39 is 0 Å². The van der Waals surface area contributed by atoms with Gasteiger partial charge in [0.25, 0.3) is 0 Å². The number of benzene rings is 1. The highest BCUT2D eigenvalue weighted by atomic mass is 19.1. The molecule has 2 atom stereocenters. The van der Waals surface area contributed by atoms with Gasteiger partial charge in [0.15, 0.2) is 0 Å². The van der Waals surface area contributed by atoms with Crippen LogP contribution in [0.15, 0.2) is 18.2 Å². The molecule has 1 saturated carbocycles. The second kappa shape index (κ2) is 5.50. The minimum absolute atomic E-state index is 0.201. The first-order valence-corrected chi connectivity index (χ1v) is 6.21. The molecule has 0 bridgehead atoms. The maximum absolute atomic E-state index is 13.8. The van der Waals surface area contributed by atoms with Crippen LogP contribution in [0.4, 0.5) is 4.39 Å². The van der Waals surface area contributed by atoms with E-state index in [2.05, 4.69) is 0 Å². The fourth-order valence-electron chi connectivity index (χ4n) is 2.53. The number of rotatable bonds is 3. The summed E-state index contributed by atoms with van der Waals surface area (Å²) in [4.78, 5) is 0. The largest absolute Gasteiger partial charge is 0.497 e. The Labute approximate surface area is 101 Å². The van der Waals surface area contributed by atoms with Gasteiger partial charge in [0.1, 0.15) is 11.6 Å². The second-order valence-electron chi connectivity index (χ2n) is 4.77. The van der Waals surface area contributed by atoms with Crippen molar-refractivity contribution in [1.82, 2.24) is 0 Å². The highest BCUT2D eigenvalue weighted by Gasteiger charge is 2.24. The van der Waals surface area contributed by atoms with Crippen molar-refractivity contribution in [3.8, 4) is 5.75 Å². The Balaban J connectivity index is 2.07. The summed E-state index contributed by atoms with van der Waals surface area (Å²) in [6, 6.07) is 4.94. The van der Waals surface area contributed by atoms with Gasteiger partial charge < -0.3 is 9.84 Å². The lowest BCUT2D eigenvalue weighted by Crippen LogP contribution is -2.26. The number of ether oxygens (including phenoxy) is 1. The molecule has 0 aliphatic heterocycles. The molecule has 0 radical (unpaired) electrons. The highest BCUT2D eigenvalue weighted by Crippen LogP contribution is 2.29. The van der Waals surface area contributed by atoms with Crippen molar-refractivity contribution >= 4 is 0 Å². The number of hydrogen-bond acceptors (Lipinski definition) is 2. The molecule has 94 valence electrons. The van der Waals surface area contributed by atoms with Gasteiger partial charge in [-0.25, -0.2) is 4.39 Å². The first-order chi connectivity index (χ1) is 8.20. The Morgan fingerprint density at radius 2 is 2.12 bits per heavy atom. The molecular formula is C14H19FO2. The maximum Gasteiger partial charge on any atom is 0.130 e. The van der Waals surface area contributed by atoms with Gasteiger partial charge in [-0.2, -0.15) is 0 Å². The predicted octanol–water partition coefficient (Wildman–Crippen LogP) is 2.93. The van der Waals surface area contributed by atoms with E-state index in [0.29, 0.717) is 17.7 Å². The molecule has 0 amide bonds. The van der Waals surface area contributed by atoms with Crippen molar-refractivity contribution in [3.63, 3.8) is 0 Å². The summed E-state index contributed by atoms with van der Waals surface area (Å²) in [6.45, 7) is 0. The molecule has 0 saturated heterocycles. The predicted molar refractivity (Wildman–Crippen MR) is 64.6 cm³/mol. The lowest BCUT2D eigenvalue weighted by molar-refractivity contribution is 0.0696. The summed E-state index contributed by atoms with van der Waals surface area (Å²) in [5, 5.41) is 9.87. The maximum atomic E-state index is 13.8. The van der Waals surface area contributed by atoms with Crippen LogP contribution in [0.1, 0.15) is 31.2 Å². The zero-order chi connectivity index (χ0) is 12.3. The average molecular weight is 238 g/mol. The van der Waals surface area contributed by atoms with Gasteiger partial charge in [0.05, 0.1) is 13.2 Å². The van der Waals surface area contributed by atoms with Crippen LogP contribution in [-0.2, 0) is 6.42 Å². The van der Waals surface area contributed by atoms with Gasteiger partial charge in [-0.1, -0.05) is 18.9 Å². The van der Waals surface area contributed by atoms with Crippen LogP contribution in [0.25, 0.3) is 0 Å². The molecule has 1 fully saturated rings. The van der Waals surface area contributed by atoms with E-state index in [1.165, 1.54) is 13.2 Å². The Kier molecular flexibility index (Phi) is 4.00. The fraction of sp³-hybridized carbons (Fsp3) is 0.571. The van der Waals surface area contributed by atoms with Crippen molar-refractivity contribution in [2.24, 2.45) is 5.92 Å². The highest BCUT2D eigenvalue weighted by molar-refractivity contribution is 5.29. The number of aliphatic hydroxyl groups excluding tert-OH is 1.